The number of sulfonamides is 1. The molecule has 2 fully saturated rings. The number of nitrogens with zero attached hydrogens (tertiary/aromatic N) is 2. The van der Waals surface area contributed by atoms with Crippen LogP contribution < -0.4 is 0 Å². The highest BCUT2D eigenvalue weighted by atomic mass is 32.2. The zero-order valence-electron chi connectivity index (χ0n) is 12.8. The number of pyridine rings is 1. The van der Waals surface area contributed by atoms with E-state index in [1.165, 1.54) is 6.20 Å². The zero-order chi connectivity index (χ0) is 15.6. The number of aromatic nitrogens is 1. The predicted molar refractivity (Wildman–Crippen MR) is 80.9 cm³/mol. The van der Waals surface area contributed by atoms with Crippen molar-refractivity contribution in [2.45, 2.75) is 30.3 Å². The maximum Gasteiger partial charge on any atom is 0.244 e. The highest BCUT2D eigenvalue weighted by Gasteiger charge is 2.48. The third-order valence-electron chi connectivity index (χ3n) is 4.66. The summed E-state index contributed by atoms with van der Waals surface area (Å²) in [6.07, 6.45) is 5.66. The highest BCUT2D eigenvalue weighted by molar-refractivity contribution is 7.89. The van der Waals surface area contributed by atoms with Crippen molar-refractivity contribution in [1.29, 1.82) is 0 Å². The Kier molecular flexibility index (Phi) is 4.49. The molecule has 2 saturated heterocycles. The summed E-state index contributed by atoms with van der Waals surface area (Å²) < 4.78 is 38.5. The van der Waals surface area contributed by atoms with Gasteiger partial charge in [-0.2, -0.15) is 4.31 Å². The molecule has 122 valence electrons. The zero-order valence-corrected chi connectivity index (χ0v) is 13.6. The third kappa shape index (κ3) is 2.78. The summed E-state index contributed by atoms with van der Waals surface area (Å²) in [7, 11) is -1.85. The van der Waals surface area contributed by atoms with E-state index in [-0.39, 0.29) is 16.4 Å². The Morgan fingerprint density at radius 3 is 3.14 bits per heavy atom. The molecule has 0 aromatic carbocycles. The molecule has 6 nitrogen and oxygen atoms in total. The minimum atomic E-state index is -3.51. The molecule has 7 heteroatoms. The molecule has 3 heterocycles. The van der Waals surface area contributed by atoms with E-state index in [1.54, 1.807) is 29.7 Å². The van der Waals surface area contributed by atoms with Crippen molar-refractivity contribution in [2.24, 2.45) is 5.41 Å². The minimum absolute atomic E-state index is 0.0848. The van der Waals surface area contributed by atoms with Crippen molar-refractivity contribution in [3.63, 3.8) is 0 Å². The van der Waals surface area contributed by atoms with Crippen LogP contribution in [0.5, 0.6) is 0 Å². The second kappa shape index (κ2) is 6.23. The van der Waals surface area contributed by atoms with E-state index in [1.807, 2.05) is 0 Å². The molecule has 0 aliphatic carbocycles. The van der Waals surface area contributed by atoms with Crippen molar-refractivity contribution in [1.82, 2.24) is 9.29 Å². The molecule has 0 bridgehead atoms. The minimum Gasteiger partial charge on any atom is -0.384 e. The van der Waals surface area contributed by atoms with Gasteiger partial charge in [0.1, 0.15) is 4.90 Å². The van der Waals surface area contributed by atoms with Gasteiger partial charge in [0.25, 0.3) is 0 Å². The average molecular weight is 326 g/mol. The SMILES string of the molecule is COC[C@@]12CCCO[C@H]1CCN(S(=O)(=O)c1cccnc1)C2. The summed E-state index contributed by atoms with van der Waals surface area (Å²) in [4.78, 5) is 4.17. The van der Waals surface area contributed by atoms with Crippen LogP contribution in [-0.2, 0) is 19.5 Å². The largest absolute Gasteiger partial charge is 0.384 e. The molecule has 2 aliphatic heterocycles. The Hall–Kier alpha value is -1.02. The van der Waals surface area contributed by atoms with Gasteiger partial charge in [-0.1, -0.05) is 0 Å². The summed E-state index contributed by atoms with van der Waals surface area (Å²) in [6, 6.07) is 3.24. The summed E-state index contributed by atoms with van der Waals surface area (Å²) in [6.45, 7) is 2.21. The van der Waals surface area contributed by atoms with Crippen LogP contribution in [0.25, 0.3) is 0 Å². The van der Waals surface area contributed by atoms with Crippen molar-refractivity contribution in [2.75, 3.05) is 33.4 Å². The molecule has 22 heavy (non-hydrogen) atoms. The van der Waals surface area contributed by atoms with Gasteiger partial charge in [-0.05, 0) is 31.4 Å². The molecule has 2 aliphatic rings. The lowest BCUT2D eigenvalue weighted by Crippen LogP contribution is -2.57. The molecule has 3 rings (SSSR count). The fraction of sp³-hybridized carbons (Fsp3) is 0.667. The van der Waals surface area contributed by atoms with Crippen molar-refractivity contribution < 1.29 is 17.9 Å². The molecule has 0 N–H and O–H groups in total. The Labute approximate surface area is 131 Å². The van der Waals surface area contributed by atoms with Gasteiger partial charge in [0, 0.05) is 44.6 Å². The molecule has 1 aromatic heterocycles. The number of rotatable bonds is 4. The Morgan fingerprint density at radius 1 is 1.55 bits per heavy atom. The average Bonchev–Trinajstić information content (AvgIpc) is 2.55. The van der Waals surface area contributed by atoms with Crippen LogP contribution in [0.2, 0.25) is 0 Å². The standard InChI is InChI=1S/C15H22N2O4S/c1-20-12-15-6-3-9-21-14(15)5-8-17(11-15)22(18,19)13-4-2-7-16-10-13/h2,4,7,10,14H,3,5-6,8-9,11-12H2,1H3/t14-,15-/m0/s1. The van der Waals surface area contributed by atoms with E-state index >= 15 is 0 Å². The summed E-state index contributed by atoms with van der Waals surface area (Å²) in [5, 5.41) is 0. The monoisotopic (exact) mass is 326 g/mol. The molecule has 0 saturated carbocycles. The van der Waals surface area contributed by atoms with Gasteiger partial charge in [-0.3, -0.25) is 4.98 Å². The van der Waals surface area contributed by atoms with Gasteiger partial charge in [-0.15, -0.1) is 0 Å². The number of hydrogen-bond donors (Lipinski definition) is 0. The normalized spacial score (nSPS) is 30.0. The van der Waals surface area contributed by atoms with Gasteiger partial charge in [0.15, 0.2) is 0 Å². The summed E-state index contributed by atoms with van der Waals surface area (Å²) >= 11 is 0. The lowest BCUT2D eigenvalue weighted by molar-refractivity contribution is -0.137. The molecule has 2 atom stereocenters. The van der Waals surface area contributed by atoms with Crippen LogP contribution in [0.4, 0.5) is 0 Å². The second-order valence-corrected chi connectivity index (χ2v) is 8.01. The van der Waals surface area contributed by atoms with Gasteiger partial charge in [0.05, 0.1) is 12.7 Å². The number of methoxy groups -OCH3 is 1. The Balaban J connectivity index is 1.87. The molecule has 0 amide bonds. The smallest absolute Gasteiger partial charge is 0.244 e. The first-order valence-corrected chi connectivity index (χ1v) is 9.03. The van der Waals surface area contributed by atoms with Gasteiger partial charge >= 0.3 is 0 Å². The van der Waals surface area contributed by atoms with Crippen molar-refractivity contribution >= 4 is 10.0 Å². The van der Waals surface area contributed by atoms with Crippen LogP contribution in [-0.4, -0.2) is 57.2 Å². The van der Waals surface area contributed by atoms with Crippen LogP contribution in [0, 0.1) is 5.41 Å². The summed E-state index contributed by atoms with van der Waals surface area (Å²) in [5.41, 5.74) is -0.236. The first kappa shape index (κ1) is 15.9. The van der Waals surface area contributed by atoms with Crippen LogP contribution in [0.15, 0.2) is 29.4 Å². The topological polar surface area (TPSA) is 68.7 Å². The quantitative estimate of drug-likeness (QED) is 0.834. The first-order chi connectivity index (χ1) is 10.6. The van der Waals surface area contributed by atoms with E-state index in [4.69, 9.17) is 9.47 Å². The van der Waals surface area contributed by atoms with Crippen molar-refractivity contribution in [3.05, 3.63) is 24.5 Å². The number of piperidine rings is 1. The Bertz CT molecular complexity index is 603. The number of fused-ring (bicyclic) bond motifs is 1. The molecule has 0 unspecified atom stereocenters. The molecular weight excluding hydrogens is 304 g/mol. The van der Waals surface area contributed by atoms with E-state index in [2.05, 4.69) is 4.98 Å². The lowest BCUT2D eigenvalue weighted by Gasteiger charge is -2.49. The van der Waals surface area contributed by atoms with E-state index in [0.29, 0.717) is 26.1 Å². The van der Waals surface area contributed by atoms with Crippen LogP contribution in [0.1, 0.15) is 19.3 Å². The van der Waals surface area contributed by atoms with Gasteiger partial charge in [0.2, 0.25) is 10.0 Å². The fourth-order valence-electron chi connectivity index (χ4n) is 3.60. The van der Waals surface area contributed by atoms with E-state index in [0.717, 1.165) is 19.4 Å². The molecular formula is C15H22N2O4S. The highest BCUT2D eigenvalue weighted by Crippen LogP contribution is 2.41. The number of ether oxygens (including phenoxy) is 2. The second-order valence-electron chi connectivity index (χ2n) is 6.07. The third-order valence-corrected chi connectivity index (χ3v) is 6.49. The molecule has 0 spiro atoms. The number of hydrogen-bond acceptors (Lipinski definition) is 5. The van der Waals surface area contributed by atoms with Crippen LogP contribution >= 0.6 is 0 Å². The first-order valence-electron chi connectivity index (χ1n) is 7.59. The Morgan fingerprint density at radius 2 is 2.41 bits per heavy atom. The lowest BCUT2D eigenvalue weighted by atomic mass is 9.73. The van der Waals surface area contributed by atoms with Gasteiger partial charge < -0.3 is 9.47 Å². The maximum atomic E-state index is 12.8. The molecule has 1 aromatic rings. The predicted octanol–water partition coefficient (Wildman–Crippen LogP) is 1.29. The molecule has 0 radical (unpaired) electrons. The fourth-order valence-corrected chi connectivity index (χ4v) is 5.12. The van der Waals surface area contributed by atoms with Crippen LogP contribution in [0.3, 0.4) is 0 Å². The van der Waals surface area contributed by atoms with Gasteiger partial charge in [-0.25, -0.2) is 8.42 Å². The van der Waals surface area contributed by atoms with E-state index in [9.17, 15) is 8.42 Å². The maximum absolute atomic E-state index is 12.8. The van der Waals surface area contributed by atoms with E-state index < -0.39 is 10.0 Å². The summed E-state index contributed by atoms with van der Waals surface area (Å²) in [5.74, 6) is 0. The van der Waals surface area contributed by atoms with Crippen molar-refractivity contribution in [3.8, 4) is 0 Å².